The number of piperidine rings is 1. The first-order valence-electron chi connectivity index (χ1n) is 10.9. The van der Waals surface area contributed by atoms with Gasteiger partial charge in [-0.3, -0.25) is 0 Å². The number of rotatable bonds is 5. The van der Waals surface area contributed by atoms with E-state index in [1.54, 1.807) is 7.11 Å². The Morgan fingerprint density at radius 2 is 1.81 bits per heavy atom. The van der Waals surface area contributed by atoms with E-state index >= 15 is 0 Å². The van der Waals surface area contributed by atoms with Gasteiger partial charge in [-0.15, -0.1) is 0 Å². The van der Waals surface area contributed by atoms with E-state index < -0.39 is 17.2 Å². The van der Waals surface area contributed by atoms with Crippen LogP contribution >= 0.6 is 0 Å². The van der Waals surface area contributed by atoms with Crippen LogP contribution in [0.4, 0.5) is 14.6 Å². The Morgan fingerprint density at radius 3 is 2.39 bits per heavy atom. The van der Waals surface area contributed by atoms with Gasteiger partial charge in [0.15, 0.2) is 0 Å². The smallest absolute Gasteiger partial charge is 0.136 e. The number of aromatic nitrogens is 2. The molecule has 4 rings (SSSR count). The zero-order valence-electron chi connectivity index (χ0n) is 18.7. The number of hydrogen-bond acceptors (Lipinski definition) is 5. The van der Waals surface area contributed by atoms with Crippen LogP contribution in [-0.4, -0.2) is 39.9 Å². The number of hydrogen-bond donors (Lipinski definition) is 1. The van der Waals surface area contributed by atoms with Crippen LogP contribution in [0.15, 0.2) is 24.3 Å². The molecule has 2 aromatic rings. The Hall–Kier alpha value is -2.12. The SMILES string of the molecule is COCc1cc(N2C3CCC2CC(O)(Cc2ccc(F)cc2F)C3)nc(C(C)(C)C)n1. The molecule has 2 bridgehead atoms. The van der Waals surface area contributed by atoms with Crippen LogP contribution in [0.3, 0.4) is 0 Å². The average molecular weight is 432 g/mol. The van der Waals surface area contributed by atoms with Crippen molar-refractivity contribution in [1.29, 1.82) is 0 Å². The molecule has 0 aliphatic carbocycles. The normalized spacial score (nSPS) is 25.8. The molecule has 2 aliphatic heterocycles. The maximum absolute atomic E-state index is 14.2. The molecule has 0 amide bonds. The highest BCUT2D eigenvalue weighted by atomic mass is 19.1. The zero-order chi connectivity index (χ0) is 22.4. The highest BCUT2D eigenvalue weighted by Crippen LogP contribution is 2.44. The van der Waals surface area contributed by atoms with Gasteiger partial charge < -0.3 is 14.7 Å². The van der Waals surface area contributed by atoms with E-state index in [1.807, 2.05) is 6.07 Å². The first-order valence-corrected chi connectivity index (χ1v) is 10.9. The molecule has 2 unspecified atom stereocenters. The summed E-state index contributed by atoms with van der Waals surface area (Å²) in [6.45, 7) is 6.67. The molecular formula is C24H31F2N3O2. The summed E-state index contributed by atoms with van der Waals surface area (Å²) < 4.78 is 32.8. The van der Waals surface area contributed by atoms with Crippen molar-refractivity contribution in [3.8, 4) is 0 Å². The number of benzene rings is 1. The fourth-order valence-electron chi connectivity index (χ4n) is 5.03. The number of halogens is 2. The molecule has 2 saturated heterocycles. The lowest BCUT2D eigenvalue weighted by atomic mass is 9.81. The van der Waals surface area contributed by atoms with Gasteiger partial charge in [-0.25, -0.2) is 18.7 Å². The average Bonchev–Trinajstić information content (AvgIpc) is 2.96. The van der Waals surface area contributed by atoms with Gasteiger partial charge in [-0.2, -0.15) is 0 Å². The van der Waals surface area contributed by atoms with Gasteiger partial charge in [0.05, 0.1) is 17.9 Å². The second kappa shape index (κ2) is 8.10. The number of aliphatic hydroxyl groups is 1. The molecule has 2 aliphatic rings. The number of nitrogens with zero attached hydrogens (tertiary/aromatic N) is 3. The quantitative estimate of drug-likeness (QED) is 0.765. The Morgan fingerprint density at radius 1 is 1.13 bits per heavy atom. The van der Waals surface area contributed by atoms with Gasteiger partial charge in [0.2, 0.25) is 0 Å². The molecule has 0 spiro atoms. The van der Waals surface area contributed by atoms with Crippen molar-refractivity contribution < 1.29 is 18.6 Å². The van der Waals surface area contributed by atoms with E-state index in [9.17, 15) is 13.9 Å². The Labute approximate surface area is 182 Å². The first kappa shape index (κ1) is 22.1. The van der Waals surface area contributed by atoms with Crippen molar-refractivity contribution >= 4 is 5.82 Å². The molecule has 5 nitrogen and oxygen atoms in total. The Bertz CT molecular complexity index is 946. The molecule has 2 atom stereocenters. The standard InChI is InChI=1S/C24H31F2N3O2/c1-23(2,3)22-27-17(14-31-4)10-21(28-22)29-18-7-8-19(29)13-24(30,12-18)11-15-5-6-16(25)9-20(15)26/h5-6,9-10,18-19,30H,7-8,11-14H2,1-4H3. The summed E-state index contributed by atoms with van der Waals surface area (Å²) in [5, 5.41) is 11.3. The molecule has 1 aromatic carbocycles. The maximum Gasteiger partial charge on any atom is 0.136 e. The lowest BCUT2D eigenvalue weighted by Crippen LogP contribution is -2.52. The number of anilines is 1. The van der Waals surface area contributed by atoms with Gasteiger partial charge >= 0.3 is 0 Å². The highest BCUT2D eigenvalue weighted by Gasteiger charge is 2.48. The first-order chi connectivity index (χ1) is 14.6. The molecule has 0 saturated carbocycles. The summed E-state index contributed by atoms with van der Waals surface area (Å²) in [6.07, 6.45) is 3.14. The molecule has 168 valence electrons. The van der Waals surface area contributed by atoms with Crippen LogP contribution in [0.1, 0.15) is 63.5 Å². The monoisotopic (exact) mass is 431 g/mol. The van der Waals surface area contributed by atoms with E-state index in [0.717, 1.165) is 36.2 Å². The van der Waals surface area contributed by atoms with Crippen molar-refractivity contribution in [2.24, 2.45) is 0 Å². The molecule has 2 fully saturated rings. The summed E-state index contributed by atoms with van der Waals surface area (Å²) in [5.41, 5.74) is -0.0213. The molecule has 31 heavy (non-hydrogen) atoms. The predicted octanol–water partition coefficient (Wildman–Crippen LogP) is 4.30. The predicted molar refractivity (Wildman–Crippen MR) is 115 cm³/mol. The van der Waals surface area contributed by atoms with Crippen LogP contribution in [0, 0.1) is 11.6 Å². The molecule has 3 heterocycles. The van der Waals surface area contributed by atoms with E-state index in [1.165, 1.54) is 12.1 Å². The van der Waals surface area contributed by atoms with Gasteiger partial charge in [-0.1, -0.05) is 26.8 Å². The summed E-state index contributed by atoms with van der Waals surface area (Å²) in [4.78, 5) is 11.9. The lowest BCUT2D eigenvalue weighted by molar-refractivity contribution is 0.00124. The van der Waals surface area contributed by atoms with Crippen LogP contribution in [0.25, 0.3) is 0 Å². The van der Waals surface area contributed by atoms with Crippen LogP contribution in [0.5, 0.6) is 0 Å². The molecule has 1 aromatic heterocycles. The van der Waals surface area contributed by atoms with Crippen molar-refractivity contribution in [2.75, 3.05) is 12.0 Å². The fraction of sp³-hybridized carbons (Fsp3) is 0.583. The van der Waals surface area contributed by atoms with Crippen molar-refractivity contribution in [3.05, 3.63) is 53.0 Å². The van der Waals surface area contributed by atoms with Crippen molar-refractivity contribution in [1.82, 2.24) is 9.97 Å². The van der Waals surface area contributed by atoms with Gasteiger partial charge in [0, 0.05) is 43.2 Å². The minimum atomic E-state index is -1.02. The number of fused-ring (bicyclic) bond motifs is 2. The van der Waals surface area contributed by atoms with Crippen molar-refractivity contribution in [3.63, 3.8) is 0 Å². The van der Waals surface area contributed by atoms with Gasteiger partial charge in [0.1, 0.15) is 23.3 Å². The summed E-state index contributed by atoms with van der Waals surface area (Å²) >= 11 is 0. The minimum Gasteiger partial charge on any atom is -0.389 e. The van der Waals surface area contributed by atoms with Crippen LogP contribution in [0.2, 0.25) is 0 Å². The zero-order valence-corrected chi connectivity index (χ0v) is 18.7. The van der Waals surface area contributed by atoms with Crippen LogP contribution in [-0.2, 0) is 23.2 Å². The van der Waals surface area contributed by atoms with Crippen molar-refractivity contribution in [2.45, 2.75) is 82.6 Å². The summed E-state index contributed by atoms with van der Waals surface area (Å²) in [7, 11) is 1.65. The highest BCUT2D eigenvalue weighted by molar-refractivity contribution is 5.46. The van der Waals surface area contributed by atoms with E-state index in [2.05, 4.69) is 30.7 Å². The molecule has 7 heteroatoms. The summed E-state index contributed by atoms with van der Waals surface area (Å²) in [6, 6.07) is 5.78. The molecule has 1 N–H and O–H groups in total. The van der Waals surface area contributed by atoms with E-state index in [4.69, 9.17) is 9.72 Å². The molecular weight excluding hydrogens is 400 g/mol. The third-order valence-electron chi connectivity index (χ3n) is 6.38. The largest absolute Gasteiger partial charge is 0.389 e. The topological polar surface area (TPSA) is 58.5 Å². The van der Waals surface area contributed by atoms with Crippen LogP contribution < -0.4 is 4.90 Å². The molecule has 0 radical (unpaired) electrons. The second-order valence-electron chi connectivity index (χ2n) is 10.1. The van der Waals surface area contributed by atoms with Gasteiger partial charge in [0.25, 0.3) is 0 Å². The lowest BCUT2D eigenvalue weighted by Gasteiger charge is -2.45. The van der Waals surface area contributed by atoms with Gasteiger partial charge in [-0.05, 0) is 37.3 Å². The third-order valence-corrected chi connectivity index (χ3v) is 6.38. The second-order valence-corrected chi connectivity index (χ2v) is 10.1. The fourth-order valence-corrected chi connectivity index (χ4v) is 5.03. The minimum absolute atomic E-state index is 0.116. The third kappa shape index (κ3) is 4.58. The van der Waals surface area contributed by atoms with E-state index in [0.29, 0.717) is 25.0 Å². The maximum atomic E-state index is 14.2. The Kier molecular flexibility index (Phi) is 5.77. The number of methoxy groups -OCH3 is 1. The Balaban J connectivity index is 1.60. The summed E-state index contributed by atoms with van der Waals surface area (Å²) in [5.74, 6) is 0.437. The number of ether oxygens (including phenoxy) is 1. The van der Waals surface area contributed by atoms with E-state index in [-0.39, 0.29) is 23.9 Å².